The highest BCUT2D eigenvalue weighted by molar-refractivity contribution is 5.78. The van der Waals surface area contributed by atoms with Crippen molar-refractivity contribution >= 4 is 5.91 Å². The largest absolute Gasteiger partial charge is 0.484 e. The van der Waals surface area contributed by atoms with Gasteiger partial charge in [-0.3, -0.25) is 4.79 Å². The molecule has 0 saturated heterocycles. The minimum Gasteiger partial charge on any atom is -0.484 e. The summed E-state index contributed by atoms with van der Waals surface area (Å²) in [6, 6.07) is 16.3. The molecule has 1 fully saturated rings. The van der Waals surface area contributed by atoms with Gasteiger partial charge in [-0.25, -0.2) is 0 Å². The number of aryl methyl sites for hydroxylation is 2. The smallest absolute Gasteiger partial charge is 0.258 e. The zero-order valence-corrected chi connectivity index (χ0v) is 13.7. The van der Waals surface area contributed by atoms with Gasteiger partial charge in [-0.1, -0.05) is 36.4 Å². The third-order valence-corrected chi connectivity index (χ3v) is 4.13. The number of rotatable bonds is 6. The predicted octanol–water partition coefficient (Wildman–Crippen LogP) is 3.95. The van der Waals surface area contributed by atoms with Crippen molar-refractivity contribution < 1.29 is 9.53 Å². The minimum absolute atomic E-state index is 0.0545. The highest BCUT2D eigenvalue weighted by Gasteiger charge is 2.33. The van der Waals surface area contributed by atoms with Crippen LogP contribution in [0.25, 0.3) is 0 Å². The summed E-state index contributed by atoms with van der Waals surface area (Å²) < 4.78 is 5.65. The second-order valence-electron chi connectivity index (χ2n) is 6.41. The summed E-state index contributed by atoms with van der Waals surface area (Å²) in [6.45, 7) is 4.11. The zero-order valence-electron chi connectivity index (χ0n) is 13.7. The molecule has 3 heteroatoms. The maximum atomic E-state index is 12.3. The van der Waals surface area contributed by atoms with E-state index in [2.05, 4.69) is 23.5 Å². The summed E-state index contributed by atoms with van der Waals surface area (Å²) >= 11 is 0. The maximum Gasteiger partial charge on any atom is 0.258 e. The lowest BCUT2D eigenvalue weighted by molar-refractivity contribution is -0.124. The lowest BCUT2D eigenvalue weighted by Gasteiger charge is -2.19. The standard InChI is InChI=1S/C20H23NO2/c1-14-10-15(2)12-18(11-14)23-13-19(22)21-20(17-8-9-17)16-6-4-3-5-7-16/h3-7,10-12,17,20H,8-9,13H2,1-2H3,(H,21,22). The van der Waals surface area contributed by atoms with Crippen molar-refractivity contribution in [1.82, 2.24) is 5.32 Å². The Kier molecular flexibility index (Phi) is 4.65. The van der Waals surface area contributed by atoms with E-state index >= 15 is 0 Å². The molecule has 23 heavy (non-hydrogen) atoms. The second kappa shape index (κ2) is 6.86. The van der Waals surface area contributed by atoms with Crippen LogP contribution in [0.15, 0.2) is 48.5 Å². The molecule has 1 aliphatic rings. The molecule has 0 bridgehead atoms. The molecular weight excluding hydrogens is 286 g/mol. The van der Waals surface area contributed by atoms with Gasteiger partial charge in [0.25, 0.3) is 5.91 Å². The van der Waals surface area contributed by atoms with Crippen molar-refractivity contribution in [1.29, 1.82) is 0 Å². The minimum atomic E-state index is -0.0649. The van der Waals surface area contributed by atoms with E-state index in [9.17, 15) is 4.79 Å². The third-order valence-electron chi connectivity index (χ3n) is 4.13. The zero-order chi connectivity index (χ0) is 16.2. The maximum absolute atomic E-state index is 12.3. The van der Waals surface area contributed by atoms with Crippen LogP contribution in [0.4, 0.5) is 0 Å². The molecule has 0 spiro atoms. The fraction of sp³-hybridized carbons (Fsp3) is 0.350. The normalized spacial score (nSPS) is 15.0. The van der Waals surface area contributed by atoms with Crippen molar-refractivity contribution in [2.24, 2.45) is 5.92 Å². The lowest BCUT2D eigenvalue weighted by atomic mass is 10.0. The molecule has 0 radical (unpaired) electrons. The van der Waals surface area contributed by atoms with Gasteiger partial charge in [0.1, 0.15) is 5.75 Å². The number of nitrogens with one attached hydrogen (secondary N) is 1. The van der Waals surface area contributed by atoms with Crippen molar-refractivity contribution in [2.45, 2.75) is 32.7 Å². The number of amides is 1. The van der Waals surface area contributed by atoms with Gasteiger partial charge in [-0.2, -0.15) is 0 Å². The number of carbonyl (C=O) groups is 1. The van der Waals surface area contributed by atoms with E-state index in [1.165, 1.54) is 18.4 Å². The Bertz CT molecular complexity index is 657. The molecular formula is C20H23NO2. The van der Waals surface area contributed by atoms with E-state index in [0.29, 0.717) is 5.92 Å². The van der Waals surface area contributed by atoms with Crippen LogP contribution < -0.4 is 10.1 Å². The van der Waals surface area contributed by atoms with Crippen molar-refractivity contribution in [3.05, 3.63) is 65.2 Å². The van der Waals surface area contributed by atoms with E-state index in [-0.39, 0.29) is 18.6 Å². The van der Waals surface area contributed by atoms with Crippen LogP contribution in [0.2, 0.25) is 0 Å². The van der Waals surface area contributed by atoms with Crippen LogP contribution in [0.5, 0.6) is 5.75 Å². The Morgan fingerprint density at radius 3 is 2.39 bits per heavy atom. The molecule has 1 saturated carbocycles. The number of hydrogen-bond donors (Lipinski definition) is 1. The molecule has 2 aromatic carbocycles. The fourth-order valence-corrected chi connectivity index (χ4v) is 2.94. The number of hydrogen-bond acceptors (Lipinski definition) is 2. The van der Waals surface area contributed by atoms with Crippen LogP contribution in [-0.2, 0) is 4.79 Å². The quantitative estimate of drug-likeness (QED) is 0.877. The van der Waals surface area contributed by atoms with E-state index < -0.39 is 0 Å². The van der Waals surface area contributed by atoms with Gasteiger partial charge in [-0.15, -0.1) is 0 Å². The Balaban J connectivity index is 1.59. The van der Waals surface area contributed by atoms with Gasteiger partial charge < -0.3 is 10.1 Å². The van der Waals surface area contributed by atoms with E-state index in [1.54, 1.807) is 0 Å². The predicted molar refractivity (Wildman–Crippen MR) is 91.5 cm³/mol. The molecule has 0 aliphatic heterocycles. The summed E-state index contributed by atoms with van der Waals surface area (Å²) in [5.41, 5.74) is 3.45. The SMILES string of the molecule is Cc1cc(C)cc(OCC(=O)NC(c2ccccc2)C2CC2)c1. The van der Waals surface area contributed by atoms with Gasteiger partial charge in [-0.05, 0) is 61.4 Å². The van der Waals surface area contributed by atoms with Crippen LogP contribution in [0, 0.1) is 19.8 Å². The summed E-state index contributed by atoms with van der Waals surface area (Å²) in [4.78, 5) is 12.3. The Morgan fingerprint density at radius 1 is 1.13 bits per heavy atom. The molecule has 1 N–H and O–H groups in total. The molecule has 120 valence electrons. The average Bonchev–Trinajstić information content (AvgIpc) is 3.35. The Morgan fingerprint density at radius 2 is 1.78 bits per heavy atom. The van der Waals surface area contributed by atoms with E-state index in [1.807, 2.05) is 44.2 Å². The molecule has 1 aliphatic carbocycles. The van der Waals surface area contributed by atoms with Crippen LogP contribution in [0.1, 0.15) is 35.6 Å². The molecule has 0 aromatic heterocycles. The number of carbonyl (C=O) groups excluding carboxylic acids is 1. The Hall–Kier alpha value is -2.29. The molecule has 2 aromatic rings. The second-order valence-corrected chi connectivity index (χ2v) is 6.41. The highest BCUT2D eigenvalue weighted by atomic mass is 16.5. The highest BCUT2D eigenvalue weighted by Crippen LogP contribution is 2.40. The first-order valence-electron chi connectivity index (χ1n) is 8.17. The van der Waals surface area contributed by atoms with Gasteiger partial charge in [0.15, 0.2) is 6.61 Å². The summed E-state index contributed by atoms with van der Waals surface area (Å²) in [6.07, 6.45) is 2.36. The van der Waals surface area contributed by atoms with Crippen LogP contribution in [-0.4, -0.2) is 12.5 Å². The van der Waals surface area contributed by atoms with Gasteiger partial charge in [0.05, 0.1) is 6.04 Å². The van der Waals surface area contributed by atoms with Crippen molar-refractivity contribution in [3.63, 3.8) is 0 Å². The first kappa shape index (κ1) is 15.6. The lowest BCUT2D eigenvalue weighted by Crippen LogP contribution is -2.33. The third kappa shape index (κ3) is 4.35. The molecule has 1 amide bonds. The van der Waals surface area contributed by atoms with Crippen molar-refractivity contribution in [2.75, 3.05) is 6.61 Å². The summed E-state index contributed by atoms with van der Waals surface area (Å²) in [7, 11) is 0. The van der Waals surface area contributed by atoms with Gasteiger partial charge >= 0.3 is 0 Å². The van der Waals surface area contributed by atoms with E-state index in [4.69, 9.17) is 4.74 Å². The van der Waals surface area contributed by atoms with E-state index in [0.717, 1.165) is 16.9 Å². The first-order valence-corrected chi connectivity index (χ1v) is 8.17. The molecule has 3 rings (SSSR count). The first-order chi connectivity index (χ1) is 11.1. The van der Waals surface area contributed by atoms with Gasteiger partial charge in [0.2, 0.25) is 0 Å². The number of ether oxygens (including phenoxy) is 1. The van der Waals surface area contributed by atoms with Gasteiger partial charge in [0, 0.05) is 0 Å². The monoisotopic (exact) mass is 309 g/mol. The average molecular weight is 309 g/mol. The number of benzene rings is 2. The van der Waals surface area contributed by atoms with Crippen LogP contribution >= 0.6 is 0 Å². The molecule has 1 unspecified atom stereocenters. The van der Waals surface area contributed by atoms with Crippen molar-refractivity contribution in [3.8, 4) is 5.75 Å². The fourth-order valence-electron chi connectivity index (χ4n) is 2.94. The summed E-state index contributed by atoms with van der Waals surface area (Å²) in [5, 5.41) is 3.13. The molecule has 1 atom stereocenters. The van der Waals surface area contributed by atoms with Crippen LogP contribution in [0.3, 0.4) is 0 Å². The summed E-state index contributed by atoms with van der Waals surface area (Å²) in [5.74, 6) is 1.24. The Labute approximate surface area is 137 Å². The topological polar surface area (TPSA) is 38.3 Å². The molecule has 0 heterocycles. The molecule has 3 nitrogen and oxygen atoms in total.